The van der Waals surface area contributed by atoms with E-state index in [-0.39, 0.29) is 6.04 Å². The molecule has 0 aromatic carbocycles. The minimum atomic E-state index is -4.16. The Kier molecular flexibility index (Phi) is 3.82. The van der Waals surface area contributed by atoms with Gasteiger partial charge in [0.15, 0.2) is 0 Å². The van der Waals surface area contributed by atoms with Crippen molar-refractivity contribution < 1.29 is 13.3 Å². The predicted molar refractivity (Wildman–Crippen MR) is 68.6 cm³/mol. The number of hydrogen-bond donors (Lipinski definition) is 0. The Balaban J connectivity index is 2.36. The average Bonchev–Trinajstić information content (AvgIpc) is 2.74. The molecule has 0 aliphatic heterocycles. The van der Waals surface area contributed by atoms with Crippen molar-refractivity contribution in [1.82, 2.24) is 9.78 Å². The van der Waals surface area contributed by atoms with Gasteiger partial charge in [-0.3, -0.25) is 0 Å². The smallest absolute Gasteiger partial charge is 0.358 e. The molecule has 1 aromatic heterocycles. The molecule has 7 nitrogen and oxygen atoms in total. The second-order valence-corrected chi connectivity index (χ2v) is 7.44. The molecule has 106 valence electrons. The number of nitrogens with zero attached hydrogens (tertiary/aromatic N) is 3. The van der Waals surface area contributed by atoms with Crippen molar-refractivity contribution in [3.63, 3.8) is 0 Å². The highest BCUT2D eigenvalue weighted by Gasteiger charge is 2.33. The molecule has 0 saturated heterocycles. The van der Waals surface area contributed by atoms with Gasteiger partial charge < -0.3 is 10.1 Å². The molecule has 0 unspecified atom stereocenters. The van der Waals surface area contributed by atoms with Crippen molar-refractivity contribution in [2.45, 2.75) is 43.5 Å². The average molecular weight is 308 g/mol. The fraction of sp³-hybridized carbons (Fsp3) is 0.700. The van der Waals surface area contributed by atoms with Crippen molar-refractivity contribution in [1.29, 1.82) is 0 Å². The van der Waals surface area contributed by atoms with Crippen LogP contribution in [0.25, 0.3) is 0 Å². The SMILES string of the molecule is CC1CCC(n2cc(S(=O)(=O)Cl)c([N+](=O)[O-])n2)CC1. The molecular weight excluding hydrogens is 294 g/mol. The third-order valence-electron chi connectivity index (χ3n) is 3.48. The van der Waals surface area contributed by atoms with E-state index in [1.807, 2.05) is 0 Å². The molecule has 1 heterocycles. The van der Waals surface area contributed by atoms with Gasteiger partial charge in [0.05, 0.1) is 17.3 Å². The summed E-state index contributed by atoms with van der Waals surface area (Å²) in [5, 5.41) is 14.6. The first-order valence-corrected chi connectivity index (χ1v) is 8.28. The summed E-state index contributed by atoms with van der Waals surface area (Å²) in [6.07, 6.45) is 4.84. The fourth-order valence-corrected chi connectivity index (χ4v) is 3.25. The molecular formula is C10H14ClN3O4S. The molecule has 0 bridgehead atoms. The number of nitro groups is 1. The zero-order valence-electron chi connectivity index (χ0n) is 10.3. The Bertz CT molecular complexity index is 590. The standard InChI is InChI=1S/C10H14ClN3O4S/c1-7-2-4-8(5-3-7)13-6-9(19(11,17)18)10(12-13)14(15)16/h6-8H,2-5H2,1H3. The predicted octanol–water partition coefficient (Wildman–Crippen LogP) is 2.47. The van der Waals surface area contributed by atoms with Crippen molar-refractivity contribution in [3.8, 4) is 0 Å². The van der Waals surface area contributed by atoms with Crippen molar-refractivity contribution in [2.24, 2.45) is 5.92 Å². The monoisotopic (exact) mass is 307 g/mol. The van der Waals surface area contributed by atoms with E-state index < -0.39 is 24.7 Å². The second-order valence-electron chi connectivity index (χ2n) is 4.91. The Hall–Kier alpha value is -1.15. The van der Waals surface area contributed by atoms with E-state index >= 15 is 0 Å². The van der Waals surface area contributed by atoms with E-state index in [0.717, 1.165) is 25.7 Å². The molecule has 1 aliphatic carbocycles. The van der Waals surface area contributed by atoms with E-state index in [4.69, 9.17) is 10.7 Å². The molecule has 1 fully saturated rings. The summed E-state index contributed by atoms with van der Waals surface area (Å²) in [5.74, 6) is -0.0772. The van der Waals surface area contributed by atoms with Gasteiger partial charge in [-0.05, 0) is 36.5 Å². The van der Waals surface area contributed by atoms with Crippen LogP contribution < -0.4 is 0 Å². The summed E-state index contributed by atoms with van der Waals surface area (Å²) < 4.78 is 24.0. The summed E-state index contributed by atoms with van der Waals surface area (Å²) in [4.78, 5) is 9.47. The summed E-state index contributed by atoms with van der Waals surface area (Å²) >= 11 is 0. The van der Waals surface area contributed by atoms with E-state index in [1.165, 1.54) is 10.9 Å². The van der Waals surface area contributed by atoms with Crippen molar-refractivity contribution >= 4 is 25.6 Å². The Morgan fingerprint density at radius 1 is 1.42 bits per heavy atom. The molecule has 0 amide bonds. The number of rotatable bonds is 3. The van der Waals surface area contributed by atoms with Crippen LogP contribution >= 0.6 is 10.7 Å². The maximum atomic E-state index is 11.3. The van der Waals surface area contributed by atoms with Crippen LogP contribution in [0.4, 0.5) is 5.82 Å². The summed E-state index contributed by atoms with van der Waals surface area (Å²) in [6, 6.07) is 0.00191. The third-order valence-corrected chi connectivity index (χ3v) is 4.79. The summed E-state index contributed by atoms with van der Waals surface area (Å²) in [5.41, 5.74) is 0. The maximum Gasteiger partial charge on any atom is 0.410 e. The molecule has 0 spiro atoms. The van der Waals surface area contributed by atoms with Gasteiger partial charge in [0.1, 0.15) is 0 Å². The van der Waals surface area contributed by atoms with Crippen LogP contribution in [0.2, 0.25) is 0 Å². The van der Waals surface area contributed by atoms with Crippen LogP contribution in [0.1, 0.15) is 38.6 Å². The lowest BCUT2D eigenvalue weighted by Gasteiger charge is -2.24. The first-order chi connectivity index (χ1) is 8.79. The van der Waals surface area contributed by atoms with Crippen LogP contribution in [0.5, 0.6) is 0 Å². The maximum absolute atomic E-state index is 11.3. The molecule has 2 rings (SSSR count). The van der Waals surface area contributed by atoms with Crippen LogP contribution in [-0.4, -0.2) is 23.1 Å². The molecule has 0 N–H and O–H groups in total. The van der Waals surface area contributed by atoms with Crippen LogP contribution in [-0.2, 0) is 9.05 Å². The Labute approximate surface area is 115 Å². The highest BCUT2D eigenvalue weighted by molar-refractivity contribution is 8.13. The number of aromatic nitrogens is 2. The summed E-state index contributed by atoms with van der Waals surface area (Å²) in [7, 11) is 1.04. The first kappa shape index (κ1) is 14.3. The molecule has 0 radical (unpaired) electrons. The van der Waals surface area contributed by atoms with Crippen LogP contribution in [0.3, 0.4) is 0 Å². The van der Waals surface area contributed by atoms with Gasteiger partial charge in [0.2, 0.25) is 4.90 Å². The Morgan fingerprint density at radius 3 is 2.42 bits per heavy atom. The van der Waals surface area contributed by atoms with E-state index in [1.54, 1.807) is 0 Å². The lowest BCUT2D eigenvalue weighted by Crippen LogP contribution is -2.17. The molecule has 1 aromatic rings. The molecule has 19 heavy (non-hydrogen) atoms. The molecule has 1 saturated carbocycles. The summed E-state index contributed by atoms with van der Waals surface area (Å²) in [6.45, 7) is 2.15. The van der Waals surface area contributed by atoms with Gasteiger partial charge >= 0.3 is 5.82 Å². The Morgan fingerprint density at radius 2 is 2.00 bits per heavy atom. The lowest BCUT2D eigenvalue weighted by atomic mass is 9.87. The van der Waals surface area contributed by atoms with Crippen LogP contribution in [0.15, 0.2) is 11.1 Å². The normalized spacial score (nSPS) is 24.3. The van der Waals surface area contributed by atoms with Crippen molar-refractivity contribution in [2.75, 3.05) is 0 Å². The van der Waals surface area contributed by atoms with Gasteiger partial charge in [0, 0.05) is 10.7 Å². The van der Waals surface area contributed by atoms with E-state index in [2.05, 4.69) is 12.0 Å². The van der Waals surface area contributed by atoms with Gasteiger partial charge in [-0.15, -0.1) is 0 Å². The van der Waals surface area contributed by atoms with Gasteiger partial charge in [-0.25, -0.2) is 8.42 Å². The minimum absolute atomic E-state index is 0.00191. The van der Waals surface area contributed by atoms with Crippen LogP contribution in [0, 0.1) is 16.0 Å². The molecule has 0 atom stereocenters. The second kappa shape index (κ2) is 5.09. The van der Waals surface area contributed by atoms with Gasteiger partial charge in [0.25, 0.3) is 9.05 Å². The number of halogens is 1. The van der Waals surface area contributed by atoms with Gasteiger partial charge in [-0.1, -0.05) is 6.92 Å². The van der Waals surface area contributed by atoms with Crippen molar-refractivity contribution in [3.05, 3.63) is 16.3 Å². The molecule has 1 aliphatic rings. The van der Waals surface area contributed by atoms with E-state index in [9.17, 15) is 18.5 Å². The topological polar surface area (TPSA) is 95.1 Å². The fourth-order valence-electron chi connectivity index (χ4n) is 2.36. The largest absolute Gasteiger partial charge is 0.410 e. The zero-order valence-corrected chi connectivity index (χ0v) is 11.9. The molecule has 9 heteroatoms. The lowest BCUT2D eigenvalue weighted by molar-refractivity contribution is -0.392. The highest BCUT2D eigenvalue weighted by Crippen LogP contribution is 2.34. The zero-order chi connectivity index (χ0) is 14.2. The quantitative estimate of drug-likeness (QED) is 0.485. The number of hydrogen-bond acceptors (Lipinski definition) is 5. The third kappa shape index (κ3) is 3.06. The van der Waals surface area contributed by atoms with Gasteiger partial charge in [-0.2, -0.15) is 4.68 Å². The first-order valence-electron chi connectivity index (χ1n) is 5.97. The van der Waals surface area contributed by atoms with E-state index in [0.29, 0.717) is 5.92 Å². The minimum Gasteiger partial charge on any atom is -0.358 e. The highest BCUT2D eigenvalue weighted by atomic mass is 35.7.